The van der Waals surface area contributed by atoms with E-state index in [1.54, 1.807) is 11.1 Å². The number of hydrogen-bond donors (Lipinski definition) is 1. The van der Waals surface area contributed by atoms with E-state index in [-0.39, 0.29) is 46.0 Å². The Morgan fingerprint density at radius 1 is 1.20 bits per heavy atom. The van der Waals surface area contributed by atoms with E-state index in [9.17, 15) is 14.0 Å². The first-order chi connectivity index (χ1) is 19.0. The molecule has 1 spiro atoms. The molecule has 0 unspecified atom stereocenters. The van der Waals surface area contributed by atoms with E-state index >= 15 is 0 Å². The number of rotatable bonds is 7. The first kappa shape index (κ1) is 28.3. The predicted octanol–water partition coefficient (Wildman–Crippen LogP) is 4.10. The van der Waals surface area contributed by atoms with Gasteiger partial charge in [0, 0.05) is 50.7 Å². The summed E-state index contributed by atoms with van der Waals surface area (Å²) in [5.74, 6) is 0.788. The Morgan fingerprint density at radius 2 is 1.93 bits per heavy atom. The zero-order chi connectivity index (χ0) is 28.7. The standard InChI is InChI=1S/C30H41FN6O3/c1-6-37(20(2)3)27(38)22-13-21(31)7-8-24(22)40-25-15-32-19-34-26(25)36-17-30(18-36)9-11-35(12-10-30)28(39)23-14-29(4,5)16-33-23/h7-8,13,15,19-20,23,33H,6,9-12,14,16-18H2,1-5H3/t23-/m0/s1. The SMILES string of the molecule is CCN(C(=O)c1cc(F)ccc1Oc1cncnc1N1CC2(CCN(C(=O)[C@@H]3CC(C)(C)CN3)CC2)C1)C(C)C. The lowest BCUT2D eigenvalue weighted by Crippen LogP contribution is -2.62. The summed E-state index contributed by atoms with van der Waals surface area (Å²) in [4.78, 5) is 40.8. The number of piperidine rings is 1. The molecule has 0 radical (unpaired) electrons. The molecule has 1 aromatic carbocycles. The van der Waals surface area contributed by atoms with E-state index in [1.165, 1.54) is 24.5 Å². The number of nitrogens with one attached hydrogen (secondary N) is 1. The smallest absolute Gasteiger partial charge is 0.257 e. The molecule has 3 aliphatic heterocycles. The second-order valence-corrected chi connectivity index (χ2v) is 12.6. The van der Waals surface area contributed by atoms with Crippen LogP contribution in [0.2, 0.25) is 0 Å². The Hall–Kier alpha value is -3.27. The monoisotopic (exact) mass is 552 g/mol. The number of halogens is 1. The van der Waals surface area contributed by atoms with Gasteiger partial charge in [-0.05, 0) is 63.6 Å². The molecule has 3 aliphatic rings. The number of benzene rings is 1. The molecule has 0 saturated carbocycles. The van der Waals surface area contributed by atoms with Crippen molar-refractivity contribution in [2.75, 3.05) is 44.2 Å². The van der Waals surface area contributed by atoms with Gasteiger partial charge in [0.15, 0.2) is 11.6 Å². The van der Waals surface area contributed by atoms with Crippen molar-refractivity contribution in [3.63, 3.8) is 0 Å². The Kier molecular flexibility index (Phi) is 7.74. The van der Waals surface area contributed by atoms with Gasteiger partial charge in [-0.3, -0.25) is 9.59 Å². The van der Waals surface area contributed by atoms with Gasteiger partial charge < -0.3 is 24.8 Å². The van der Waals surface area contributed by atoms with Crippen LogP contribution in [-0.4, -0.2) is 82.9 Å². The van der Waals surface area contributed by atoms with E-state index in [0.717, 1.165) is 52.0 Å². The number of carbonyl (C=O) groups excluding carboxylic acids is 2. The number of aromatic nitrogens is 2. The molecule has 9 nitrogen and oxygen atoms in total. The highest BCUT2D eigenvalue weighted by molar-refractivity contribution is 5.97. The fourth-order valence-corrected chi connectivity index (χ4v) is 6.32. The van der Waals surface area contributed by atoms with E-state index in [2.05, 4.69) is 34.0 Å². The summed E-state index contributed by atoms with van der Waals surface area (Å²) in [6.45, 7) is 14.7. The lowest BCUT2D eigenvalue weighted by molar-refractivity contribution is -0.135. The normalized spacial score (nSPS) is 21.4. The largest absolute Gasteiger partial charge is 0.451 e. The Balaban J connectivity index is 1.25. The summed E-state index contributed by atoms with van der Waals surface area (Å²) < 4.78 is 20.4. The molecular formula is C30H41FN6O3. The van der Waals surface area contributed by atoms with Crippen molar-refractivity contribution in [3.8, 4) is 11.5 Å². The highest BCUT2D eigenvalue weighted by Gasteiger charge is 2.47. The van der Waals surface area contributed by atoms with Gasteiger partial charge in [-0.15, -0.1) is 0 Å². The summed E-state index contributed by atoms with van der Waals surface area (Å²) in [6, 6.07) is 3.89. The number of carbonyl (C=O) groups is 2. The van der Waals surface area contributed by atoms with Crippen molar-refractivity contribution >= 4 is 17.6 Å². The number of ether oxygens (including phenoxy) is 1. The van der Waals surface area contributed by atoms with E-state index in [0.29, 0.717) is 18.1 Å². The molecule has 3 saturated heterocycles. The summed E-state index contributed by atoms with van der Waals surface area (Å²) in [5, 5.41) is 3.40. The number of amides is 2. The maximum atomic E-state index is 14.2. The third-order valence-corrected chi connectivity index (χ3v) is 8.65. The molecule has 1 aromatic heterocycles. The van der Waals surface area contributed by atoms with Crippen LogP contribution in [0.1, 0.15) is 64.2 Å². The van der Waals surface area contributed by atoms with Gasteiger partial charge in [-0.2, -0.15) is 0 Å². The van der Waals surface area contributed by atoms with Gasteiger partial charge in [-0.25, -0.2) is 14.4 Å². The van der Waals surface area contributed by atoms with Crippen molar-refractivity contribution in [1.82, 2.24) is 25.1 Å². The Labute approximate surface area is 236 Å². The predicted molar refractivity (Wildman–Crippen MR) is 151 cm³/mol. The van der Waals surface area contributed by atoms with Gasteiger partial charge >= 0.3 is 0 Å². The molecule has 10 heteroatoms. The molecule has 2 aromatic rings. The Morgan fingerprint density at radius 3 is 2.55 bits per heavy atom. The Bertz CT molecular complexity index is 1250. The molecule has 4 heterocycles. The quantitative estimate of drug-likeness (QED) is 0.553. The van der Waals surface area contributed by atoms with E-state index in [1.807, 2.05) is 25.7 Å². The average molecular weight is 553 g/mol. The van der Waals surface area contributed by atoms with Crippen LogP contribution in [0.25, 0.3) is 0 Å². The van der Waals surface area contributed by atoms with Gasteiger partial charge in [0.05, 0.1) is 17.8 Å². The molecule has 0 aliphatic carbocycles. The lowest BCUT2D eigenvalue weighted by atomic mass is 9.72. The van der Waals surface area contributed by atoms with Crippen LogP contribution < -0.4 is 15.0 Å². The molecule has 216 valence electrons. The van der Waals surface area contributed by atoms with Crippen molar-refractivity contribution in [2.24, 2.45) is 10.8 Å². The molecule has 3 fully saturated rings. The maximum absolute atomic E-state index is 14.2. The van der Waals surface area contributed by atoms with Crippen LogP contribution in [-0.2, 0) is 4.79 Å². The van der Waals surface area contributed by atoms with Crippen LogP contribution in [0.3, 0.4) is 0 Å². The fourth-order valence-electron chi connectivity index (χ4n) is 6.32. The van der Waals surface area contributed by atoms with Crippen molar-refractivity contribution < 1.29 is 18.7 Å². The third-order valence-electron chi connectivity index (χ3n) is 8.65. The van der Waals surface area contributed by atoms with Crippen LogP contribution >= 0.6 is 0 Å². The average Bonchev–Trinajstić information content (AvgIpc) is 3.28. The van der Waals surface area contributed by atoms with Crippen LogP contribution in [0, 0.1) is 16.6 Å². The topological polar surface area (TPSA) is 90.9 Å². The molecular weight excluding hydrogens is 511 g/mol. The van der Waals surface area contributed by atoms with Gasteiger partial charge in [0.1, 0.15) is 17.9 Å². The minimum absolute atomic E-state index is 0.0375. The summed E-state index contributed by atoms with van der Waals surface area (Å²) in [6.07, 6.45) is 5.85. The van der Waals surface area contributed by atoms with Crippen LogP contribution in [0.5, 0.6) is 11.5 Å². The van der Waals surface area contributed by atoms with Crippen LogP contribution in [0.4, 0.5) is 10.2 Å². The summed E-state index contributed by atoms with van der Waals surface area (Å²) >= 11 is 0. The molecule has 2 amide bonds. The first-order valence-corrected chi connectivity index (χ1v) is 14.4. The number of anilines is 1. The van der Waals surface area contributed by atoms with Crippen molar-refractivity contribution in [2.45, 2.75) is 66.0 Å². The number of likely N-dealkylation sites (tertiary alicyclic amines) is 1. The third kappa shape index (κ3) is 5.64. The minimum Gasteiger partial charge on any atom is -0.451 e. The molecule has 5 rings (SSSR count). The minimum atomic E-state index is -0.498. The maximum Gasteiger partial charge on any atom is 0.257 e. The lowest BCUT2D eigenvalue weighted by Gasteiger charge is -2.54. The van der Waals surface area contributed by atoms with Gasteiger partial charge in [0.25, 0.3) is 5.91 Å². The second kappa shape index (κ2) is 11.0. The van der Waals surface area contributed by atoms with E-state index in [4.69, 9.17) is 4.74 Å². The second-order valence-electron chi connectivity index (χ2n) is 12.6. The summed E-state index contributed by atoms with van der Waals surface area (Å²) in [5.41, 5.74) is 0.467. The highest BCUT2D eigenvalue weighted by atomic mass is 19.1. The van der Waals surface area contributed by atoms with Crippen LogP contribution in [0.15, 0.2) is 30.7 Å². The highest BCUT2D eigenvalue weighted by Crippen LogP contribution is 2.45. The fraction of sp³-hybridized carbons (Fsp3) is 0.600. The summed E-state index contributed by atoms with van der Waals surface area (Å²) in [7, 11) is 0. The zero-order valence-electron chi connectivity index (χ0n) is 24.2. The molecule has 1 atom stereocenters. The van der Waals surface area contributed by atoms with E-state index < -0.39 is 5.82 Å². The van der Waals surface area contributed by atoms with Gasteiger partial charge in [0.2, 0.25) is 5.91 Å². The first-order valence-electron chi connectivity index (χ1n) is 14.4. The molecule has 40 heavy (non-hydrogen) atoms. The van der Waals surface area contributed by atoms with Crippen molar-refractivity contribution in [1.29, 1.82) is 0 Å². The van der Waals surface area contributed by atoms with Gasteiger partial charge in [-0.1, -0.05) is 13.8 Å². The van der Waals surface area contributed by atoms with Crippen molar-refractivity contribution in [3.05, 3.63) is 42.1 Å². The molecule has 1 N–H and O–H groups in total. The number of nitrogens with zero attached hydrogens (tertiary/aromatic N) is 5. The zero-order valence-corrected chi connectivity index (χ0v) is 24.2. The number of hydrogen-bond acceptors (Lipinski definition) is 7. The molecule has 0 bridgehead atoms.